The first-order valence-electron chi connectivity index (χ1n) is 5.51. The molecule has 0 radical (unpaired) electrons. The van der Waals surface area contributed by atoms with E-state index in [4.69, 9.17) is 10.5 Å². The van der Waals surface area contributed by atoms with Crippen molar-refractivity contribution >= 4 is 0 Å². The quantitative estimate of drug-likeness (QED) is 0.840. The lowest BCUT2D eigenvalue weighted by Gasteiger charge is -2.25. The normalized spacial score (nSPS) is 15.2. The summed E-state index contributed by atoms with van der Waals surface area (Å²) in [5.74, 6) is 0.462. The second-order valence-electron chi connectivity index (χ2n) is 4.12. The molecule has 5 heteroatoms. The van der Waals surface area contributed by atoms with Crippen molar-refractivity contribution in [1.82, 2.24) is 9.78 Å². The van der Waals surface area contributed by atoms with Gasteiger partial charge in [-0.25, -0.2) is 4.39 Å². The molecule has 0 saturated carbocycles. The highest BCUT2D eigenvalue weighted by atomic mass is 19.1. The maximum atomic E-state index is 14.6. The van der Waals surface area contributed by atoms with E-state index in [0.29, 0.717) is 17.9 Å². The molecule has 0 aliphatic rings. The molecule has 1 aromatic rings. The van der Waals surface area contributed by atoms with Crippen LogP contribution in [-0.4, -0.2) is 23.4 Å². The van der Waals surface area contributed by atoms with Gasteiger partial charge in [-0.2, -0.15) is 5.10 Å². The molecule has 0 spiro atoms. The molecule has 0 bridgehead atoms. The first-order chi connectivity index (χ1) is 7.50. The molecule has 1 atom stereocenters. The van der Waals surface area contributed by atoms with E-state index in [0.717, 1.165) is 0 Å². The van der Waals surface area contributed by atoms with Crippen LogP contribution in [-0.2, 0) is 5.67 Å². The average molecular weight is 229 g/mol. The highest BCUT2D eigenvalue weighted by Crippen LogP contribution is 2.36. The van der Waals surface area contributed by atoms with Gasteiger partial charge in [0.1, 0.15) is 5.69 Å². The fourth-order valence-electron chi connectivity index (χ4n) is 1.72. The molecule has 1 heterocycles. The van der Waals surface area contributed by atoms with E-state index in [1.807, 2.05) is 13.8 Å². The fraction of sp³-hybridized carbons (Fsp3) is 0.727. The summed E-state index contributed by atoms with van der Waals surface area (Å²) < 4.78 is 21.4. The van der Waals surface area contributed by atoms with E-state index in [2.05, 4.69) is 5.10 Å². The van der Waals surface area contributed by atoms with E-state index in [1.54, 1.807) is 11.6 Å². The van der Waals surface area contributed by atoms with E-state index < -0.39 is 5.67 Å². The Morgan fingerprint density at radius 3 is 2.62 bits per heavy atom. The van der Waals surface area contributed by atoms with Gasteiger partial charge in [0.25, 0.3) is 0 Å². The zero-order valence-corrected chi connectivity index (χ0v) is 10.3. The number of rotatable bonds is 5. The molecule has 0 fully saturated rings. The molecule has 92 valence electrons. The van der Waals surface area contributed by atoms with Gasteiger partial charge in [-0.1, -0.05) is 6.92 Å². The zero-order valence-electron chi connectivity index (χ0n) is 10.3. The van der Waals surface area contributed by atoms with Gasteiger partial charge < -0.3 is 10.5 Å². The predicted molar refractivity (Wildman–Crippen MR) is 61.3 cm³/mol. The van der Waals surface area contributed by atoms with Gasteiger partial charge in [-0.15, -0.1) is 0 Å². The second kappa shape index (κ2) is 4.82. The Balaban J connectivity index is 3.32. The van der Waals surface area contributed by atoms with Gasteiger partial charge >= 0.3 is 0 Å². The van der Waals surface area contributed by atoms with Gasteiger partial charge in [-0.05, 0) is 20.3 Å². The molecular formula is C11H20FN3O. The number of aromatic nitrogens is 2. The van der Waals surface area contributed by atoms with Crippen molar-refractivity contribution in [2.45, 2.75) is 38.9 Å². The number of alkyl halides is 1. The first-order valence-corrected chi connectivity index (χ1v) is 5.51. The lowest BCUT2D eigenvalue weighted by Crippen LogP contribution is -2.33. The van der Waals surface area contributed by atoms with Gasteiger partial charge in [0.15, 0.2) is 11.4 Å². The largest absolute Gasteiger partial charge is 0.493 e. The van der Waals surface area contributed by atoms with E-state index in [9.17, 15) is 4.39 Å². The molecule has 0 saturated heterocycles. The lowest BCUT2D eigenvalue weighted by molar-refractivity contribution is 0.146. The smallest absolute Gasteiger partial charge is 0.167 e. The fourth-order valence-corrected chi connectivity index (χ4v) is 1.72. The highest BCUT2D eigenvalue weighted by Gasteiger charge is 2.36. The van der Waals surface area contributed by atoms with Crippen LogP contribution < -0.4 is 10.5 Å². The molecule has 1 unspecified atom stereocenters. The Labute approximate surface area is 95.6 Å². The minimum atomic E-state index is -1.58. The second-order valence-corrected chi connectivity index (χ2v) is 4.12. The zero-order chi connectivity index (χ0) is 12.3. The lowest BCUT2D eigenvalue weighted by atomic mass is 9.97. The van der Waals surface area contributed by atoms with Gasteiger partial charge in [0, 0.05) is 12.6 Å². The van der Waals surface area contributed by atoms with E-state index in [1.165, 1.54) is 13.3 Å². The SMILES string of the molecule is CCC(F)(CN)c1c(OC)cnn1C(C)C. The van der Waals surface area contributed by atoms with Crippen molar-refractivity contribution in [3.8, 4) is 5.75 Å². The summed E-state index contributed by atoms with van der Waals surface area (Å²) in [4.78, 5) is 0. The number of nitrogens with two attached hydrogens (primary N) is 1. The number of methoxy groups -OCH3 is 1. The molecule has 16 heavy (non-hydrogen) atoms. The van der Waals surface area contributed by atoms with Crippen LogP contribution in [0.1, 0.15) is 38.9 Å². The van der Waals surface area contributed by atoms with Gasteiger partial charge in [0.05, 0.1) is 13.3 Å². The third-order valence-electron chi connectivity index (χ3n) is 2.78. The molecule has 0 aliphatic carbocycles. The van der Waals surface area contributed by atoms with E-state index >= 15 is 0 Å². The summed E-state index contributed by atoms with van der Waals surface area (Å²) >= 11 is 0. The van der Waals surface area contributed by atoms with Crippen LogP contribution in [0.3, 0.4) is 0 Å². The van der Waals surface area contributed by atoms with Crippen LogP contribution >= 0.6 is 0 Å². The van der Waals surface area contributed by atoms with Crippen LogP contribution in [0.2, 0.25) is 0 Å². The van der Waals surface area contributed by atoms with Crippen molar-refractivity contribution in [1.29, 1.82) is 0 Å². The van der Waals surface area contributed by atoms with Crippen molar-refractivity contribution in [3.63, 3.8) is 0 Å². The molecule has 4 nitrogen and oxygen atoms in total. The molecule has 1 aromatic heterocycles. The van der Waals surface area contributed by atoms with Crippen LogP contribution in [0.15, 0.2) is 6.20 Å². The van der Waals surface area contributed by atoms with Crippen molar-refractivity contribution in [3.05, 3.63) is 11.9 Å². The van der Waals surface area contributed by atoms with Crippen LogP contribution in [0.5, 0.6) is 5.75 Å². The predicted octanol–water partition coefficient (Wildman–Crippen LogP) is 2.01. The third-order valence-corrected chi connectivity index (χ3v) is 2.78. The number of hydrogen-bond donors (Lipinski definition) is 1. The topological polar surface area (TPSA) is 53.1 Å². The molecule has 0 aliphatic heterocycles. The molecule has 0 amide bonds. The van der Waals surface area contributed by atoms with Crippen LogP contribution in [0, 0.1) is 0 Å². The summed E-state index contributed by atoms with van der Waals surface area (Å²) in [6, 6.07) is 0.0760. The molecule has 0 aromatic carbocycles. The Kier molecular flexibility index (Phi) is 3.91. The van der Waals surface area contributed by atoms with Crippen LogP contribution in [0.4, 0.5) is 4.39 Å². The van der Waals surface area contributed by atoms with Crippen molar-refractivity contribution in [2.75, 3.05) is 13.7 Å². The minimum absolute atomic E-state index is 0.0712. The molecular weight excluding hydrogens is 209 g/mol. The monoisotopic (exact) mass is 229 g/mol. The standard InChI is InChI=1S/C11H20FN3O/c1-5-11(12,7-13)10-9(16-4)6-14-15(10)8(2)3/h6,8H,5,7,13H2,1-4H3. The average Bonchev–Trinajstić information content (AvgIpc) is 2.72. The summed E-state index contributed by atoms with van der Waals surface area (Å²) in [6.45, 7) is 5.59. The maximum Gasteiger partial charge on any atom is 0.167 e. The molecule has 2 N–H and O–H groups in total. The number of nitrogens with zero attached hydrogens (tertiary/aromatic N) is 2. The Bertz CT molecular complexity index is 345. The number of hydrogen-bond acceptors (Lipinski definition) is 3. The number of halogens is 1. The summed E-state index contributed by atoms with van der Waals surface area (Å²) in [5.41, 5.74) is 4.39. The van der Waals surface area contributed by atoms with Gasteiger partial charge in [0.2, 0.25) is 0 Å². The highest BCUT2D eigenvalue weighted by molar-refractivity contribution is 5.31. The molecule has 1 rings (SSSR count). The van der Waals surface area contributed by atoms with Crippen molar-refractivity contribution < 1.29 is 9.13 Å². The third kappa shape index (κ3) is 2.04. The van der Waals surface area contributed by atoms with E-state index in [-0.39, 0.29) is 12.6 Å². The maximum absolute atomic E-state index is 14.6. The van der Waals surface area contributed by atoms with Crippen LogP contribution in [0.25, 0.3) is 0 Å². The van der Waals surface area contributed by atoms with Crippen molar-refractivity contribution in [2.24, 2.45) is 5.73 Å². The Hall–Kier alpha value is -1.10. The summed E-state index contributed by atoms with van der Waals surface area (Å²) in [6.07, 6.45) is 1.84. The minimum Gasteiger partial charge on any atom is -0.493 e. The Morgan fingerprint density at radius 2 is 2.25 bits per heavy atom. The number of ether oxygens (including phenoxy) is 1. The Morgan fingerprint density at radius 1 is 1.62 bits per heavy atom. The first kappa shape index (κ1) is 13.0. The summed E-state index contributed by atoms with van der Waals surface area (Å²) in [7, 11) is 1.51. The summed E-state index contributed by atoms with van der Waals surface area (Å²) in [5, 5.41) is 4.14. The van der Waals surface area contributed by atoms with Gasteiger partial charge in [-0.3, -0.25) is 4.68 Å².